The molecule has 3 nitrogen and oxygen atoms in total. The van der Waals surface area contributed by atoms with Crippen LogP contribution in [0.3, 0.4) is 0 Å². The van der Waals surface area contributed by atoms with Crippen molar-refractivity contribution in [1.82, 2.24) is 5.32 Å². The fraction of sp³-hybridized carbons (Fsp3) is 0.632. The largest absolute Gasteiger partial charge is 0.444 e. The maximum Gasteiger partial charge on any atom is 0.407 e. The van der Waals surface area contributed by atoms with Gasteiger partial charge in [-0.15, -0.1) is 0 Å². The minimum atomic E-state index is -0.427. The Labute approximate surface area is 134 Å². The Kier molecular flexibility index (Phi) is 5.15. The third-order valence-corrected chi connectivity index (χ3v) is 4.62. The lowest BCUT2D eigenvalue weighted by atomic mass is 9.91. The summed E-state index contributed by atoms with van der Waals surface area (Å²) in [5, 5.41) is 2.86. The Morgan fingerprint density at radius 3 is 2.59 bits per heavy atom. The standard InChI is InChI=1S/C19H29NO2/c1-5-19(14-16(19)15-10-7-6-8-11-15)12-9-13-20-17(21)22-18(2,3)4/h6-8,10-11,16H,5,9,12-14H2,1-4H3,(H,20,21)/t16-,19?/m0/s1. The summed E-state index contributed by atoms with van der Waals surface area (Å²) >= 11 is 0. The van der Waals surface area contributed by atoms with Gasteiger partial charge in [-0.05, 0) is 63.4 Å². The van der Waals surface area contributed by atoms with Gasteiger partial charge in [0.05, 0.1) is 0 Å². The van der Waals surface area contributed by atoms with E-state index in [-0.39, 0.29) is 6.09 Å². The van der Waals surface area contributed by atoms with Crippen LogP contribution >= 0.6 is 0 Å². The lowest BCUT2D eigenvalue weighted by Crippen LogP contribution is -2.33. The van der Waals surface area contributed by atoms with E-state index < -0.39 is 5.60 Å². The van der Waals surface area contributed by atoms with Gasteiger partial charge >= 0.3 is 6.09 Å². The van der Waals surface area contributed by atoms with Crippen LogP contribution in [0.5, 0.6) is 0 Å². The molecule has 1 aliphatic rings. The van der Waals surface area contributed by atoms with E-state index in [2.05, 4.69) is 42.6 Å². The SMILES string of the molecule is CCC1(CCCNC(=O)OC(C)(C)C)C[C@H]1c1ccccc1. The number of benzene rings is 1. The second kappa shape index (κ2) is 6.72. The Balaban J connectivity index is 1.74. The van der Waals surface area contributed by atoms with Gasteiger partial charge < -0.3 is 10.1 Å². The van der Waals surface area contributed by atoms with Gasteiger partial charge in [0, 0.05) is 6.54 Å². The molecule has 2 atom stereocenters. The lowest BCUT2D eigenvalue weighted by molar-refractivity contribution is 0.0526. The van der Waals surface area contributed by atoms with Crippen molar-refractivity contribution < 1.29 is 9.53 Å². The molecule has 1 aromatic carbocycles. The van der Waals surface area contributed by atoms with Gasteiger partial charge in [0.25, 0.3) is 0 Å². The van der Waals surface area contributed by atoms with Gasteiger partial charge in [-0.25, -0.2) is 4.79 Å². The zero-order valence-electron chi connectivity index (χ0n) is 14.3. The predicted octanol–water partition coefficient (Wildman–Crippen LogP) is 4.88. The van der Waals surface area contributed by atoms with Crippen LogP contribution in [0.1, 0.15) is 64.9 Å². The van der Waals surface area contributed by atoms with E-state index in [1.807, 2.05) is 20.8 Å². The maximum absolute atomic E-state index is 11.6. The number of amides is 1. The monoisotopic (exact) mass is 303 g/mol. The van der Waals surface area contributed by atoms with Crippen molar-refractivity contribution in [2.75, 3.05) is 6.54 Å². The number of rotatable bonds is 6. The molecule has 1 aliphatic carbocycles. The summed E-state index contributed by atoms with van der Waals surface area (Å²) in [6, 6.07) is 10.8. The minimum Gasteiger partial charge on any atom is -0.444 e. The van der Waals surface area contributed by atoms with E-state index in [9.17, 15) is 4.79 Å². The molecule has 0 radical (unpaired) electrons. The van der Waals surface area contributed by atoms with Crippen molar-refractivity contribution in [2.45, 2.75) is 64.9 Å². The number of carbonyl (C=O) groups excluding carboxylic acids is 1. The van der Waals surface area contributed by atoms with E-state index >= 15 is 0 Å². The zero-order valence-corrected chi connectivity index (χ0v) is 14.3. The molecule has 1 unspecified atom stereocenters. The third-order valence-electron chi connectivity index (χ3n) is 4.62. The fourth-order valence-corrected chi connectivity index (χ4v) is 3.29. The quantitative estimate of drug-likeness (QED) is 0.761. The number of nitrogens with one attached hydrogen (secondary N) is 1. The molecule has 1 fully saturated rings. The maximum atomic E-state index is 11.6. The minimum absolute atomic E-state index is 0.312. The predicted molar refractivity (Wildman–Crippen MR) is 90.0 cm³/mol. The molecule has 0 bridgehead atoms. The Morgan fingerprint density at radius 2 is 2.00 bits per heavy atom. The van der Waals surface area contributed by atoms with Crippen molar-refractivity contribution in [2.24, 2.45) is 5.41 Å². The first-order valence-electron chi connectivity index (χ1n) is 8.38. The smallest absolute Gasteiger partial charge is 0.407 e. The average molecular weight is 303 g/mol. The highest BCUT2D eigenvalue weighted by atomic mass is 16.6. The summed E-state index contributed by atoms with van der Waals surface area (Å²) < 4.78 is 5.25. The Bertz CT molecular complexity index is 492. The molecule has 0 aliphatic heterocycles. The molecule has 1 aromatic rings. The third kappa shape index (κ3) is 4.49. The van der Waals surface area contributed by atoms with Crippen LogP contribution in [0.4, 0.5) is 4.79 Å². The summed E-state index contributed by atoms with van der Waals surface area (Å²) in [6.45, 7) is 8.62. The van der Waals surface area contributed by atoms with Crippen LogP contribution in [0.15, 0.2) is 30.3 Å². The summed E-state index contributed by atoms with van der Waals surface area (Å²) in [5.41, 5.74) is 1.48. The molecule has 22 heavy (non-hydrogen) atoms. The van der Waals surface area contributed by atoms with Crippen LogP contribution in [0.25, 0.3) is 0 Å². The molecule has 2 rings (SSSR count). The molecule has 1 amide bonds. The van der Waals surface area contributed by atoms with Gasteiger partial charge in [-0.1, -0.05) is 37.3 Å². The number of hydrogen-bond acceptors (Lipinski definition) is 2. The molecular formula is C19H29NO2. The molecule has 1 saturated carbocycles. The first-order chi connectivity index (χ1) is 10.4. The molecular weight excluding hydrogens is 274 g/mol. The number of alkyl carbamates (subject to hydrolysis) is 1. The first-order valence-corrected chi connectivity index (χ1v) is 8.38. The van der Waals surface area contributed by atoms with E-state index in [1.165, 1.54) is 24.8 Å². The van der Waals surface area contributed by atoms with Crippen LogP contribution in [0.2, 0.25) is 0 Å². The summed E-state index contributed by atoms with van der Waals surface area (Å²) in [4.78, 5) is 11.6. The highest BCUT2D eigenvalue weighted by molar-refractivity contribution is 5.67. The zero-order chi connectivity index (χ0) is 16.2. The molecule has 0 aromatic heterocycles. The van der Waals surface area contributed by atoms with Gasteiger partial charge in [0.1, 0.15) is 5.60 Å². The lowest BCUT2D eigenvalue weighted by Gasteiger charge is -2.20. The Hall–Kier alpha value is -1.51. The molecule has 1 N–H and O–H groups in total. The molecule has 0 saturated heterocycles. The second-order valence-electron chi connectivity index (χ2n) is 7.42. The van der Waals surface area contributed by atoms with Crippen molar-refractivity contribution >= 4 is 6.09 Å². The normalized spacial score (nSPS) is 23.9. The van der Waals surface area contributed by atoms with Crippen molar-refractivity contribution in [3.63, 3.8) is 0 Å². The molecule has 122 valence electrons. The Morgan fingerprint density at radius 1 is 1.32 bits per heavy atom. The van der Waals surface area contributed by atoms with Crippen LogP contribution in [-0.2, 0) is 4.74 Å². The van der Waals surface area contributed by atoms with Crippen LogP contribution in [-0.4, -0.2) is 18.2 Å². The van der Waals surface area contributed by atoms with Crippen molar-refractivity contribution in [3.8, 4) is 0 Å². The van der Waals surface area contributed by atoms with E-state index in [0.717, 1.165) is 6.42 Å². The van der Waals surface area contributed by atoms with E-state index in [0.29, 0.717) is 17.9 Å². The topological polar surface area (TPSA) is 38.3 Å². The van der Waals surface area contributed by atoms with Crippen LogP contribution < -0.4 is 5.32 Å². The van der Waals surface area contributed by atoms with Gasteiger partial charge in [-0.3, -0.25) is 0 Å². The fourth-order valence-electron chi connectivity index (χ4n) is 3.29. The number of ether oxygens (including phenoxy) is 1. The molecule has 0 heterocycles. The molecule has 3 heteroatoms. The van der Waals surface area contributed by atoms with Crippen molar-refractivity contribution in [3.05, 3.63) is 35.9 Å². The van der Waals surface area contributed by atoms with Crippen LogP contribution in [0, 0.1) is 5.41 Å². The highest BCUT2D eigenvalue weighted by Crippen LogP contribution is 2.64. The summed E-state index contributed by atoms with van der Waals surface area (Å²) in [5.74, 6) is 0.695. The number of carbonyl (C=O) groups is 1. The van der Waals surface area contributed by atoms with Crippen molar-refractivity contribution in [1.29, 1.82) is 0 Å². The van der Waals surface area contributed by atoms with Gasteiger partial charge in [0.2, 0.25) is 0 Å². The molecule has 0 spiro atoms. The van der Waals surface area contributed by atoms with Gasteiger partial charge in [-0.2, -0.15) is 0 Å². The van der Waals surface area contributed by atoms with E-state index in [4.69, 9.17) is 4.74 Å². The average Bonchev–Trinajstić information content (AvgIpc) is 3.18. The summed E-state index contributed by atoms with van der Waals surface area (Å²) in [6.07, 6.45) is 4.35. The first kappa shape index (κ1) is 16.9. The highest BCUT2D eigenvalue weighted by Gasteiger charge is 2.52. The summed E-state index contributed by atoms with van der Waals surface area (Å²) in [7, 11) is 0. The number of hydrogen-bond donors (Lipinski definition) is 1. The van der Waals surface area contributed by atoms with E-state index in [1.54, 1.807) is 0 Å². The second-order valence-corrected chi connectivity index (χ2v) is 7.42. The van der Waals surface area contributed by atoms with Gasteiger partial charge in [0.15, 0.2) is 0 Å².